The van der Waals surface area contributed by atoms with Gasteiger partial charge >= 0.3 is 25.7 Å². The largest absolute Gasteiger partial charge is 0.480 e. The molecular formula is C46H84NO10P. The van der Waals surface area contributed by atoms with Crippen LogP contribution in [0.25, 0.3) is 0 Å². The van der Waals surface area contributed by atoms with Crippen molar-refractivity contribution < 1.29 is 47.5 Å². The lowest BCUT2D eigenvalue weighted by Crippen LogP contribution is -2.34. The molecule has 0 saturated carbocycles. The Bertz CT molecular complexity index is 1130. The number of aliphatic carboxylic acids is 1. The first-order valence-electron chi connectivity index (χ1n) is 23.0. The number of hydrogen-bond acceptors (Lipinski definition) is 9. The van der Waals surface area contributed by atoms with Gasteiger partial charge in [-0.2, -0.15) is 0 Å². The highest BCUT2D eigenvalue weighted by molar-refractivity contribution is 7.47. The summed E-state index contributed by atoms with van der Waals surface area (Å²) in [4.78, 5) is 46.0. The SMILES string of the molecule is CCCCC/C=C\C/C=C\CCCCCCCC(=O)OC[C@H](COP(=O)(O)OC[C@H](N)C(=O)O)OC(=O)CCCCCCCCC/C=C\CCCCCCCCCC. The molecule has 0 aromatic carbocycles. The Labute approximate surface area is 353 Å². The van der Waals surface area contributed by atoms with Gasteiger partial charge < -0.3 is 25.2 Å². The summed E-state index contributed by atoms with van der Waals surface area (Å²) < 4.78 is 32.7. The molecule has 338 valence electrons. The van der Waals surface area contributed by atoms with E-state index in [1.165, 1.54) is 89.9 Å². The highest BCUT2D eigenvalue weighted by Gasteiger charge is 2.28. The second kappa shape index (κ2) is 41.4. The molecule has 0 saturated heterocycles. The number of phosphoric acid groups is 1. The zero-order valence-corrected chi connectivity index (χ0v) is 37.5. The highest BCUT2D eigenvalue weighted by Crippen LogP contribution is 2.43. The summed E-state index contributed by atoms with van der Waals surface area (Å²) >= 11 is 0. The molecule has 0 radical (unpaired) electrons. The topological polar surface area (TPSA) is 172 Å². The van der Waals surface area contributed by atoms with Crippen molar-refractivity contribution in [2.24, 2.45) is 5.73 Å². The number of phosphoric ester groups is 1. The Morgan fingerprint density at radius 2 is 0.914 bits per heavy atom. The van der Waals surface area contributed by atoms with Gasteiger partial charge in [-0.1, -0.05) is 159 Å². The molecule has 58 heavy (non-hydrogen) atoms. The number of carbonyl (C=O) groups is 3. The fourth-order valence-electron chi connectivity index (χ4n) is 6.21. The number of nitrogens with two attached hydrogens (primary N) is 1. The fourth-order valence-corrected chi connectivity index (χ4v) is 6.99. The summed E-state index contributed by atoms with van der Waals surface area (Å²) in [5.41, 5.74) is 5.34. The third-order valence-electron chi connectivity index (χ3n) is 9.86. The predicted molar refractivity (Wildman–Crippen MR) is 235 cm³/mol. The number of allylic oxidation sites excluding steroid dienone is 6. The molecule has 0 heterocycles. The van der Waals surface area contributed by atoms with Crippen LogP contribution in [0, 0.1) is 0 Å². The van der Waals surface area contributed by atoms with Gasteiger partial charge in [0.25, 0.3) is 0 Å². The summed E-state index contributed by atoms with van der Waals surface area (Å²) in [5.74, 6) is -2.40. The van der Waals surface area contributed by atoms with Crippen LogP contribution in [0.2, 0.25) is 0 Å². The van der Waals surface area contributed by atoms with Crippen molar-refractivity contribution in [1.82, 2.24) is 0 Å². The molecule has 12 heteroatoms. The van der Waals surface area contributed by atoms with Crippen LogP contribution >= 0.6 is 7.82 Å². The average molecular weight is 842 g/mol. The summed E-state index contributed by atoms with van der Waals surface area (Å²) in [7, 11) is -4.72. The molecule has 0 rings (SSSR count). The monoisotopic (exact) mass is 842 g/mol. The smallest absolute Gasteiger partial charge is 0.472 e. The zero-order chi connectivity index (χ0) is 42.8. The Morgan fingerprint density at radius 1 is 0.534 bits per heavy atom. The van der Waals surface area contributed by atoms with E-state index in [0.717, 1.165) is 77.0 Å². The van der Waals surface area contributed by atoms with Crippen molar-refractivity contribution in [2.45, 2.75) is 219 Å². The minimum Gasteiger partial charge on any atom is -0.480 e. The molecule has 0 aromatic rings. The number of unbranched alkanes of at least 4 members (excludes halogenated alkanes) is 23. The number of hydrogen-bond donors (Lipinski definition) is 3. The standard InChI is InChI=1S/C46H84NO10P/c1-3-5-7-9-11-13-15-17-19-20-21-22-24-26-28-30-32-34-36-38-45(49)57-42(40-55-58(52,53)56-41-43(47)46(50)51)39-54-44(48)37-35-33-31-29-27-25-23-18-16-14-12-10-8-6-4-2/h12,14,18,20-21,23,42-43H,3-11,13,15-17,19,22,24-41,47H2,1-2H3,(H,50,51)(H,52,53)/b14-12-,21-20-,23-18-/t42-,43+/m1/s1. The van der Waals surface area contributed by atoms with Gasteiger partial charge in [0.1, 0.15) is 12.6 Å². The number of esters is 2. The summed E-state index contributed by atoms with van der Waals surface area (Å²) in [5, 5.41) is 8.90. The minimum absolute atomic E-state index is 0.154. The van der Waals surface area contributed by atoms with Gasteiger partial charge in [0.2, 0.25) is 0 Å². The van der Waals surface area contributed by atoms with Crippen LogP contribution in [-0.2, 0) is 37.5 Å². The molecule has 0 amide bonds. The van der Waals surface area contributed by atoms with Gasteiger partial charge in [-0.3, -0.25) is 23.4 Å². The van der Waals surface area contributed by atoms with E-state index in [9.17, 15) is 23.8 Å². The second-order valence-electron chi connectivity index (χ2n) is 15.5. The maximum Gasteiger partial charge on any atom is 0.472 e. The van der Waals surface area contributed by atoms with Gasteiger partial charge in [-0.25, -0.2) is 4.57 Å². The lowest BCUT2D eigenvalue weighted by atomic mass is 10.1. The number of ether oxygens (including phenoxy) is 2. The van der Waals surface area contributed by atoms with Gasteiger partial charge in [0.15, 0.2) is 6.10 Å². The molecule has 0 aliphatic rings. The molecule has 3 atom stereocenters. The van der Waals surface area contributed by atoms with Crippen LogP contribution in [0.4, 0.5) is 0 Å². The van der Waals surface area contributed by atoms with Crippen LogP contribution in [0.15, 0.2) is 36.5 Å². The number of rotatable bonds is 43. The maximum atomic E-state index is 12.6. The van der Waals surface area contributed by atoms with Gasteiger partial charge in [-0.15, -0.1) is 0 Å². The van der Waals surface area contributed by atoms with E-state index < -0.39 is 51.1 Å². The van der Waals surface area contributed by atoms with Crippen molar-refractivity contribution in [2.75, 3.05) is 19.8 Å². The molecule has 0 fully saturated rings. The summed E-state index contributed by atoms with van der Waals surface area (Å²) in [6.45, 7) is 2.77. The second-order valence-corrected chi connectivity index (χ2v) is 17.0. The number of carbonyl (C=O) groups excluding carboxylic acids is 2. The lowest BCUT2D eigenvalue weighted by Gasteiger charge is -2.20. The van der Waals surface area contributed by atoms with Crippen molar-refractivity contribution in [3.05, 3.63) is 36.5 Å². The van der Waals surface area contributed by atoms with E-state index in [0.29, 0.717) is 12.8 Å². The van der Waals surface area contributed by atoms with Crippen molar-refractivity contribution in [3.8, 4) is 0 Å². The number of carboxylic acids is 1. The predicted octanol–water partition coefficient (Wildman–Crippen LogP) is 12.4. The van der Waals surface area contributed by atoms with Crippen LogP contribution in [0.3, 0.4) is 0 Å². The third-order valence-corrected chi connectivity index (χ3v) is 10.8. The van der Waals surface area contributed by atoms with Gasteiger partial charge in [0, 0.05) is 12.8 Å². The molecule has 0 spiro atoms. The van der Waals surface area contributed by atoms with Crippen molar-refractivity contribution >= 4 is 25.7 Å². The first-order valence-corrected chi connectivity index (χ1v) is 24.5. The molecule has 1 unspecified atom stereocenters. The first-order chi connectivity index (χ1) is 28.1. The van der Waals surface area contributed by atoms with Gasteiger partial charge in [-0.05, 0) is 70.6 Å². The van der Waals surface area contributed by atoms with E-state index in [1.54, 1.807) is 0 Å². The van der Waals surface area contributed by atoms with E-state index in [4.69, 9.17) is 24.8 Å². The lowest BCUT2D eigenvalue weighted by molar-refractivity contribution is -0.161. The summed E-state index contributed by atoms with van der Waals surface area (Å²) in [6.07, 6.45) is 44.9. The summed E-state index contributed by atoms with van der Waals surface area (Å²) in [6, 6.07) is -1.52. The van der Waals surface area contributed by atoms with E-state index in [2.05, 4.69) is 54.8 Å². The molecule has 0 bridgehead atoms. The minimum atomic E-state index is -4.72. The molecular weight excluding hydrogens is 757 g/mol. The Hall–Kier alpha value is -2.30. The van der Waals surface area contributed by atoms with E-state index >= 15 is 0 Å². The Balaban J connectivity index is 4.34. The van der Waals surface area contributed by atoms with Crippen LogP contribution in [-0.4, -0.2) is 59.9 Å². The highest BCUT2D eigenvalue weighted by atomic mass is 31.2. The fraction of sp³-hybridized carbons (Fsp3) is 0.804. The normalized spacial score (nSPS) is 14.0. The maximum absolute atomic E-state index is 12.6. The van der Waals surface area contributed by atoms with Crippen molar-refractivity contribution in [1.29, 1.82) is 0 Å². The van der Waals surface area contributed by atoms with E-state index in [-0.39, 0.29) is 19.4 Å². The van der Waals surface area contributed by atoms with Crippen LogP contribution in [0.5, 0.6) is 0 Å². The van der Waals surface area contributed by atoms with Gasteiger partial charge in [0.05, 0.1) is 13.2 Å². The molecule has 4 N–H and O–H groups in total. The first kappa shape index (κ1) is 55.7. The average Bonchev–Trinajstić information content (AvgIpc) is 3.20. The van der Waals surface area contributed by atoms with Crippen LogP contribution in [0.1, 0.15) is 206 Å². The van der Waals surface area contributed by atoms with Crippen molar-refractivity contribution in [3.63, 3.8) is 0 Å². The van der Waals surface area contributed by atoms with E-state index in [1.807, 2.05) is 0 Å². The number of carboxylic acid groups (broad SMARTS) is 1. The molecule has 0 aromatic heterocycles. The van der Waals surface area contributed by atoms with Crippen LogP contribution < -0.4 is 5.73 Å². The Morgan fingerprint density at radius 3 is 1.40 bits per heavy atom. The quantitative estimate of drug-likeness (QED) is 0.0231. The molecule has 0 aliphatic heterocycles. The Kier molecular flexibility index (Phi) is 39.8. The molecule has 0 aliphatic carbocycles. The third kappa shape index (κ3) is 40.5. The molecule has 11 nitrogen and oxygen atoms in total. The zero-order valence-electron chi connectivity index (χ0n) is 36.6.